The largest absolute Gasteiger partial charge is 0.497 e. The third-order valence-corrected chi connectivity index (χ3v) is 6.09. The molecule has 0 atom stereocenters. The third-order valence-electron chi connectivity index (χ3n) is 6.09. The van der Waals surface area contributed by atoms with Crippen LogP contribution in [0.4, 0.5) is 5.82 Å². The van der Waals surface area contributed by atoms with Gasteiger partial charge < -0.3 is 14.6 Å². The Morgan fingerprint density at radius 3 is 2.73 bits per heavy atom. The number of methoxy groups -OCH3 is 1. The summed E-state index contributed by atoms with van der Waals surface area (Å²) in [4.78, 5) is 24.2. The topological polar surface area (TPSA) is 79.8 Å². The summed E-state index contributed by atoms with van der Waals surface area (Å²) in [5.74, 6) is 2.04. The maximum absolute atomic E-state index is 5.43. The number of aromatic amines is 1. The molecular weight excluding hydrogens is 412 g/mol. The molecule has 7 nitrogen and oxygen atoms in total. The Morgan fingerprint density at radius 2 is 1.88 bits per heavy atom. The highest BCUT2D eigenvalue weighted by atomic mass is 16.5. The van der Waals surface area contributed by atoms with Gasteiger partial charge in [-0.05, 0) is 30.3 Å². The lowest BCUT2D eigenvalue weighted by molar-refractivity contribution is 0.415. The Hall–Kier alpha value is -4.26. The number of nitrogens with zero attached hydrogens (tertiary/aromatic N) is 5. The Morgan fingerprint density at radius 1 is 0.970 bits per heavy atom. The van der Waals surface area contributed by atoms with Gasteiger partial charge in [-0.15, -0.1) is 0 Å². The molecule has 1 aliphatic heterocycles. The summed E-state index contributed by atoms with van der Waals surface area (Å²) in [6.45, 7) is 1.67. The fraction of sp³-hybridized carbons (Fsp3) is 0.154. The van der Waals surface area contributed by atoms with Gasteiger partial charge in [-0.3, -0.25) is 4.98 Å². The van der Waals surface area contributed by atoms with E-state index in [0.29, 0.717) is 0 Å². The number of ether oxygens (including phenoxy) is 1. The summed E-state index contributed by atoms with van der Waals surface area (Å²) < 4.78 is 5.43. The van der Waals surface area contributed by atoms with Gasteiger partial charge in [0.1, 0.15) is 17.3 Å². The molecule has 3 aromatic heterocycles. The van der Waals surface area contributed by atoms with E-state index in [1.165, 1.54) is 0 Å². The first-order valence-electron chi connectivity index (χ1n) is 10.9. The number of hydrogen-bond acceptors (Lipinski definition) is 6. The molecule has 1 fully saturated rings. The van der Waals surface area contributed by atoms with E-state index in [9.17, 15) is 0 Å². The molecule has 162 valence electrons. The van der Waals surface area contributed by atoms with Crippen LogP contribution in [-0.4, -0.2) is 45.1 Å². The minimum atomic E-state index is 0.245. The summed E-state index contributed by atoms with van der Waals surface area (Å²) in [7, 11) is 1.67. The van der Waals surface area contributed by atoms with Crippen LogP contribution in [-0.2, 0) is 0 Å². The molecule has 1 N–H and O–H groups in total. The first-order valence-corrected chi connectivity index (χ1v) is 10.9. The second-order valence-electron chi connectivity index (χ2n) is 8.15. The van der Waals surface area contributed by atoms with E-state index in [2.05, 4.69) is 39.1 Å². The SMILES string of the molecule is COc1cccc(-c2ncc(-c3cnc[nH]3)nc2C2CN(c3ccc4ccccc4n3)C2)c1. The molecule has 4 heterocycles. The summed E-state index contributed by atoms with van der Waals surface area (Å²) in [5.41, 5.74) is 5.51. The van der Waals surface area contributed by atoms with E-state index in [0.717, 1.165) is 63.9 Å². The van der Waals surface area contributed by atoms with Gasteiger partial charge in [-0.25, -0.2) is 15.0 Å². The van der Waals surface area contributed by atoms with Crippen LogP contribution in [0.15, 0.2) is 79.4 Å². The fourth-order valence-electron chi connectivity index (χ4n) is 4.28. The van der Waals surface area contributed by atoms with E-state index in [1.54, 1.807) is 25.8 Å². The zero-order valence-corrected chi connectivity index (χ0v) is 18.1. The van der Waals surface area contributed by atoms with Gasteiger partial charge in [0.15, 0.2) is 0 Å². The molecule has 0 saturated carbocycles. The van der Waals surface area contributed by atoms with E-state index < -0.39 is 0 Å². The van der Waals surface area contributed by atoms with Crippen LogP contribution in [0.3, 0.4) is 0 Å². The molecule has 5 aromatic rings. The molecule has 0 amide bonds. The number of rotatable bonds is 5. The van der Waals surface area contributed by atoms with Gasteiger partial charge in [0.25, 0.3) is 0 Å². The second-order valence-corrected chi connectivity index (χ2v) is 8.15. The van der Waals surface area contributed by atoms with Crippen molar-refractivity contribution in [1.82, 2.24) is 24.9 Å². The van der Waals surface area contributed by atoms with Crippen LogP contribution in [0.25, 0.3) is 33.5 Å². The van der Waals surface area contributed by atoms with Crippen molar-refractivity contribution in [3.05, 3.63) is 85.1 Å². The molecule has 2 aromatic carbocycles. The van der Waals surface area contributed by atoms with Crippen molar-refractivity contribution in [2.45, 2.75) is 5.92 Å². The lowest BCUT2D eigenvalue weighted by atomic mass is 9.92. The van der Waals surface area contributed by atoms with E-state index in [4.69, 9.17) is 19.7 Å². The maximum atomic E-state index is 5.43. The average molecular weight is 435 g/mol. The lowest BCUT2D eigenvalue weighted by Crippen LogP contribution is -2.46. The van der Waals surface area contributed by atoms with Crippen LogP contribution in [0, 0.1) is 0 Å². The monoisotopic (exact) mass is 434 g/mol. The highest BCUT2D eigenvalue weighted by Crippen LogP contribution is 2.36. The van der Waals surface area contributed by atoms with E-state index in [1.807, 2.05) is 36.4 Å². The molecule has 0 unspecified atom stereocenters. The molecule has 0 radical (unpaired) electrons. The third kappa shape index (κ3) is 3.57. The fourth-order valence-corrected chi connectivity index (χ4v) is 4.28. The van der Waals surface area contributed by atoms with Crippen molar-refractivity contribution < 1.29 is 4.74 Å². The number of anilines is 1. The van der Waals surface area contributed by atoms with Crippen molar-refractivity contribution in [3.8, 4) is 28.4 Å². The smallest absolute Gasteiger partial charge is 0.129 e. The Bertz CT molecular complexity index is 1430. The van der Waals surface area contributed by atoms with Crippen molar-refractivity contribution >= 4 is 16.7 Å². The number of aromatic nitrogens is 5. The van der Waals surface area contributed by atoms with Crippen molar-refractivity contribution in [2.24, 2.45) is 0 Å². The number of fused-ring (bicyclic) bond motifs is 1. The molecule has 6 rings (SSSR count). The van der Waals surface area contributed by atoms with E-state index >= 15 is 0 Å². The Kier molecular flexibility index (Phi) is 4.72. The molecule has 33 heavy (non-hydrogen) atoms. The van der Waals surface area contributed by atoms with E-state index in [-0.39, 0.29) is 5.92 Å². The average Bonchev–Trinajstić information content (AvgIpc) is 3.38. The quantitative estimate of drug-likeness (QED) is 0.432. The second kappa shape index (κ2) is 8.02. The molecular formula is C26H22N6O. The van der Waals surface area contributed by atoms with Crippen molar-refractivity contribution in [3.63, 3.8) is 0 Å². The summed E-state index contributed by atoms with van der Waals surface area (Å²) in [6, 6.07) is 20.4. The summed E-state index contributed by atoms with van der Waals surface area (Å²) in [5, 5.41) is 1.15. The van der Waals surface area contributed by atoms with Gasteiger partial charge in [0, 0.05) is 30.0 Å². The normalized spacial score (nSPS) is 13.8. The van der Waals surface area contributed by atoms with Crippen LogP contribution in [0.2, 0.25) is 0 Å². The van der Waals surface area contributed by atoms with Crippen LogP contribution in [0.5, 0.6) is 5.75 Å². The van der Waals surface area contributed by atoms with Gasteiger partial charge >= 0.3 is 0 Å². The molecule has 0 spiro atoms. The molecule has 0 bridgehead atoms. The first-order chi connectivity index (χ1) is 16.3. The minimum Gasteiger partial charge on any atom is -0.497 e. The number of imidazole rings is 1. The minimum absolute atomic E-state index is 0.245. The molecule has 7 heteroatoms. The number of hydrogen-bond donors (Lipinski definition) is 1. The Balaban J connectivity index is 1.34. The highest BCUT2D eigenvalue weighted by Gasteiger charge is 2.33. The van der Waals surface area contributed by atoms with Crippen LogP contribution >= 0.6 is 0 Å². The van der Waals surface area contributed by atoms with Gasteiger partial charge in [0.2, 0.25) is 0 Å². The Labute approximate surface area is 191 Å². The number of benzene rings is 2. The maximum Gasteiger partial charge on any atom is 0.129 e. The highest BCUT2D eigenvalue weighted by molar-refractivity contribution is 5.80. The van der Waals surface area contributed by atoms with Gasteiger partial charge in [-0.1, -0.05) is 30.3 Å². The molecule has 1 aliphatic rings. The lowest BCUT2D eigenvalue weighted by Gasteiger charge is -2.40. The van der Waals surface area contributed by atoms with Crippen LogP contribution < -0.4 is 9.64 Å². The zero-order chi connectivity index (χ0) is 22.2. The predicted molar refractivity (Wildman–Crippen MR) is 128 cm³/mol. The summed E-state index contributed by atoms with van der Waals surface area (Å²) >= 11 is 0. The zero-order valence-electron chi connectivity index (χ0n) is 18.1. The number of nitrogens with one attached hydrogen (secondary N) is 1. The number of pyridine rings is 1. The van der Waals surface area contributed by atoms with Gasteiger partial charge in [0.05, 0.1) is 48.4 Å². The number of para-hydroxylation sites is 1. The standard InChI is InChI=1S/C26H22N6O/c1-33-20-7-4-6-18(11-20)25-26(31-23(13-28-25)22-12-27-16-29-22)19-14-32(15-19)24-10-9-17-5-2-3-8-21(17)30-24/h2-13,16,19H,14-15H2,1H3,(H,27,29). The van der Waals surface area contributed by atoms with Crippen LogP contribution in [0.1, 0.15) is 11.6 Å². The molecule has 1 saturated heterocycles. The predicted octanol–water partition coefficient (Wildman–Crippen LogP) is 4.69. The number of H-pyrrole nitrogens is 1. The summed E-state index contributed by atoms with van der Waals surface area (Å²) in [6.07, 6.45) is 5.22. The van der Waals surface area contributed by atoms with Crippen molar-refractivity contribution in [1.29, 1.82) is 0 Å². The van der Waals surface area contributed by atoms with Crippen molar-refractivity contribution in [2.75, 3.05) is 25.1 Å². The van der Waals surface area contributed by atoms with Gasteiger partial charge in [-0.2, -0.15) is 0 Å². The molecule has 0 aliphatic carbocycles. The first kappa shape index (κ1) is 19.4.